The highest BCUT2D eigenvalue weighted by Gasteiger charge is 2.26. The Bertz CT molecular complexity index is 227. The van der Waals surface area contributed by atoms with Gasteiger partial charge in [-0.15, -0.1) is 0 Å². The molecule has 2 fully saturated rings. The van der Waals surface area contributed by atoms with Gasteiger partial charge < -0.3 is 5.32 Å². The summed E-state index contributed by atoms with van der Waals surface area (Å²) in [4.78, 5) is 2.77. The molecule has 0 aromatic heterocycles. The minimum absolute atomic E-state index is 0.766. The molecule has 0 spiro atoms. The molecular formula is C17H34N2. The maximum Gasteiger partial charge on any atom is 0.0195 e. The first-order valence-corrected chi connectivity index (χ1v) is 8.80. The van der Waals surface area contributed by atoms with Crippen molar-refractivity contribution in [3.05, 3.63) is 0 Å². The second-order valence-electron chi connectivity index (χ2n) is 6.70. The average molecular weight is 266 g/mol. The van der Waals surface area contributed by atoms with Gasteiger partial charge in [0.2, 0.25) is 0 Å². The van der Waals surface area contributed by atoms with Crippen LogP contribution in [0.4, 0.5) is 0 Å². The lowest BCUT2D eigenvalue weighted by Gasteiger charge is -2.39. The van der Waals surface area contributed by atoms with Gasteiger partial charge in [0.05, 0.1) is 0 Å². The van der Waals surface area contributed by atoms with E-state index in [1.54, 1.807) is 0 Å². The average Bonchev–Trinajstić information content (AvgIpc) is 2.47. The van der Waals surface area contributed by atoms with Gasteiger partial charge in [0.1, 0.15) is 0 Å². The van der Waals surface area contributed by atoms with E-state index in [9.17, 15) is 0 Å². The summed E-state index contributed by atoms with van der Waals surface area (Å²) in [6, 6.07) is 1.64. The SMILES string of the molecule is CCCC1CCC(N(CC)CC2CCCCN2)CC1. The summed E-state index contributed by atoms with van der Waals surface area (Å²) in [6.45, 7) is 8.45. The third-order valence-corrected chi connectivity index (χ3v) is 5.30. The Hall–Kier alpha value is -0.0800. The van der Waals surface area contributed by atoms with Crippen LogP contribution < -0.4 is 5.32 Å². The molecule has 0 aromatic carbocycles. The maximum absolute atomic E-state index is 3.71. The zero-order chi connectivity index (χ0) is 13.5. The highest BCUT2D eigenvalue weighted by Crippen LogP contribution is 2.30. The van der Waals surface area contributed by atoms with Crippen molar-refractivity contribution in [2.75, 3.05) is 19.6 Å². The van der Waals surface area contributed by atoms with E-state index in [1.165, 1.54) is 77.4 Å². The van der Waals surface area contributed by atoms with Crippen LogP contribution in [0.15, 0.2) is 0 Å². The van der Waals surface area contributed by atoms with E-state index in [-0.39, 0.29) is 0 Å². The van der Waals surface area contributed by atoms with Crippen LogP contribution in [0.5, 0.6) is 0 Å². The fourth-order valence-corrected chi connectivity index (χ4v) is 4.11. The number of hydrogen-bond acceptors (Lipinski definition) is 2. The van der Waals surface area contributed by atoms with Crippen LogP contribution in [-0.2, 0) is 0 Å². The number of nitrogens with zero attached hydrogens (tertiary/aromatic N) is 1. The Labute approximate surface area is 120 Å². The van der Waals surface area contributed by atoms with E-state index in [0.29, 0.717) is 0 Å². The summed E-state index contributed by atoms with van der Waals surface area (Å²) < 4.78 is 0. The number of nitrogens with one attached hydrogen (secondary N) is 1. The molecule has 1 heterocycles. The van der Waals surface area contributed by atoms with Crippen molar-refractivity contribution < 1.29 is 0 Å². The first-order chi connectivity index (χ1) is 9.33. The molecule has 1 saturated carbocycles. The zero-order valence-corrected chi connectivity index (χ0v) is 13.2. The third kappa shape index (κ3) is 4.75. The molecule has 1 atom stereocenters. The molecular weight excluding hydrogens is 232 g/mol. The first-order valence-electron chi connectivity index (χ1n) is 8.80. The van der Waals surface area contributed by atoms with E-state index < -0.39 is 0 Å². The summed E-state index contributed by atoms with van der Waals surface area (Å²) in [6.07, 6.45) is 12.9. The molecule has 0 bridgehead atoms. The summed E-state index contributed by atoms with van der Waals surface area (Å²) in [5.74, 6) is 1.03. The van der Waals surface area contributed by atoms with Crippen LogP contribution in [-0.4, -0.2) is 36.6 Å². The van der Waals surface area contributed by atoms with Gasteiger partial charge in [-0.1, -0.05) is 33.1 Å². The summed E-state index contributed by atoms with van der Waals surface area (Å²) in [5.41, 5.74) is 0. The van der Waals surface area contributed by atoms with Crippen LogP contribution in [0.3, 0.4) is 0 Å². The molecule has 2 nitrogen and oxygen atoms in total. The highest BCUT2D eigenvalue weighted by atomic mass is 15.2. The highest BCUT2D eigenvalue weighted by molar-refractivity contribution is 4.83. The van der Waals surface area contributed by atoms with E-state index in [2.05, 4.69) is 24.1 Å². The lowest BCUT2D eigenvalue weighted by molar-refractivity contribution is 0.122. The van der Waals surface area contributed by atoms with Gasteiger partial charge in [0.15, 0.2) is 0 Å². The minimum Gasteiger partial charge on any atom is -0.313 e. The van der Waals surface area contributed by atoms with Crippen LogP contribution in [0.2, 0.25) is 0 Å². The van der Waals surface area contributed by atoms with Gasteiger partial charge in [0.25, 0.3) is 0 Å². The normalized spacial score (nSPS) is 32.7. The number of hydrogen-bond donors (Lipinski definition) is 1. The fourth-order valence-electron chi connectivity index (χ4n) is 4.11. The van der Waals surface area contributed by atoms with Gasteiger partial charge >= 0.3 is 0 Å². The predicted octanol–water partition coefficient (Wildman–Crippen LogP) is 3.81. The van der Waals surface area contributed by atoms with Gasteiger partial charge in [-0.05, 0) is 57.5 Å². The van der Waals surface area contributed by atoms with Crippen LogP contribution in [0, 0.1) is 5.92 Å². The second kappa shape index (κ2) is 8.26. The molecule has 1 aliphatic heterocycles. The summed E-state index contributed by atoms with van der Waals surface area (Å²) in [7, 11) is 0. The Morgan fingerprint density at radius 1 is 1.00 bits per heavy atom. The lowest BCUT2D eigenvalue weighted by atomic mass is 9.83. The van der Waals surface area contributed by atoms with Crippen molar-refractivity contribution >= 4 is 0 Å². The zero-order valence-electron chi connectivity index (χ0n) is 13.2. The smallest absolute Gasteiger partial charge is 0.0195 e. The van der Waals surface area contributed by atoms with Crippen LogP contribution >= 0.6 is 0 Å². The van der Waals surface area contributed by atoms with Gasteiger partial charge in [-0.25, -0.2) is 0 Å². The lowest BCUT2D eigenvalue weighted by Crippen LogP contribution is -2.48. The Morgan fingerprint density at radius 3 is 2.37 bits per heavy atom. The maximum atomic E-state index is 3.71. The van der Waals surface area contributed by atoms with Crippen molar-refractivity contribution in [3.8, 4) is 0 Å². The Morgan fingerprint density at radius 2 is 1.79 bits per heavy atom. The van der Waals surface area contributed by atoms with Gasteiger partial charge in [-0.2, -0.15) is 0 Å². The molecule has 0 radical (unpaired) electrons. The van der Waals surface area contributed by atoms with E-state index in [4.69, 9.17) is 0 Å². The van der Waals surface area contributed by atoms with Crippen molar-refractivity contribution in [3.63, 3.8) is 0 Å². The van der Waals surface area contributed by atoms with Gasteiger partial charge in [-0.3, -0.25) is 4.90 Å². The molecule has 2 rings (SSSR count). The number of rotatable bonds is 6. The Balaban J connectivity index is 1.75. The molecule has 19 heavy (non-hydrogen) atoms. The largest absolute Gasteiger partial charge is 0.313 e. The van der Waals surface area contributed by atoms with Crippen LogP contribution in [0.1, 0.15) is 71.6 Å². The quantitative estimate of drug-likeness (QED) is 0.786. The number of likely N-dealkylation sites (N-methyl/N-ethyl adjacent to an activating group) is 1. The molecule has 0 amide bonds. The van der Waals surface area contributed by atoms with Crippen molar-refractivity contribution in [1.29, 1.82) is 0 Å². The monoisotopic (exact) mass is 266 g/mol. The predicted molar refractivity (Wildman–Crippen MR) is 83.5 cm³/mol. The van der Waals surface area contributed by atoms with E-state index >= 15 is 0 Å². The fraction of sp³-hybridized carbons (Fsp3) is 1.00. The summed E-state index contributed by atoms with van der Waals surface area (Å²) >= 11 is 0. The molecule has 1 aliphatic carbocycles. The summed E-state index contributed by atoms with van der Waals surface area (Å²) in [5, 5.41) is 3.71. The van der Waals surface area contributed by atoms with E-state index in [0.717, 1.165) is 18.0 Å². The number of piperidine rings is 1. The molecule has 112 valence electrons. The second-order valence-corrected chi connectivity index (χ2v) is 6.70. The molecule has 0 aromatic rings. The first kappa shape index (κ1) is 15.3. The molecule has 2 heteroatoms. The van der Waals surface area contributed by atoms with Crippen LogP contribution in [0.25, 0.3) is 0 Å². The van der Waals surface area contributed by atoms with E-state index in [1.807, 2.05) is 0 Å². The molecule has 1 unspecified atom stereocenters. The minimum atomic E-state index is 0.766. The topological polar surface area (TPSA) is 15.3 Å². The molecule has 1 N–H and O–H groups in total. The van der Waals surface area contributed by atoms with Crippen molar-refractivity contribution in [2.45, 2.75) is 83.7 Å². The van der Waals surface area contributed by atoms with Crippen molar-refractivity contribution in [1.82, 2.24) is 10.2 Å². The van der Waals surface area contributed by atoms with Crippen molar-refractivity contribution in [2.24, 2.45) is 5.92 Å². The third-order valence-electron chi connectivity index (χ3n) is 5.30. The Kier molecular flexibility index (Phi) is 6.66. The standard InChI is InChI=1S/C17H34N2/c1-3-7-15-9-11-17(12-10-15)19(4-2)14-16-8-5-6-13-18-16/h15-18H,3-14H2,1-2H3. The molecule has 1 saturated heterocycles. The molecule has 2 aliphatic rings. The van der Waals surface area contributed by atoms with Gasteiger partial charge in [0, 0.05) is 18.6 Å².